The minimum atomic E-state index is -0.00694. The third-order valence-corrected chi connectivity index (χ3v) is 5.23. The Morgan fingerprint density at radius 3 is 2.74 bits per heavy atom. The molecule has 34 heavy (non-hydrogen) atoms. The second kappa shape index (κ2) is 15.5. The highest BCUT2D eigenvalue weighted by molar-refractivity contribution is 5.98. The van der Waals surface area contributed by atoms with Crippen LogP contribution in [0, 0.1) is 12.8 Å². The van der Waals surface area contributed by atoms with Crippen molar-refractivity contribution in [1.82, 2.24) is 15.6 Å². The molecule has 1 aliphatic carbocycles. The Balaban J connectivity index is 0.000000369. The van der Waals surface area contributed by atoms with Gasteiger partial charge >= 0.3 is 0 Å². The average Bonchev–Trinajstić information content (AvgIpc) is 3.18. The number of carbonyl (C=O) groups is 2. The third-order valence-electron chi connectivity index (χ3n) is 5.23. The molecular formula is C28H40N4O2. The maximum absolute atomic E-state index is 12.1. The summed E-state index contributed by atoms with van der Waals surface area (Å²) in [5.41, 5.74) is 5.20. The van der Waals surface area contributed by atoms with Gasteiger partial charge in [-0.05, 0) is 63.7 Å². The number of allylic oxidation sites excluding steroid dienone is 5. The predicted molar refractivity (Wildman–Crippen MR) is 142 cm³/mol. The van der Waals surface area contributed by atoms with Gasteiger partial charge in [0.05, 0.1) is 17.8 Å². The highest BCUT2D eigenvalue weighted by atomic mass is 16.2. The van der Waals surface area contributed by atoms with Crippen molar-refractivity contribution in [3.63, 3.8) is 0 Å². The first-order chi connectivity index (χ1) is 16.3. The van der Waals surface area contributed by atoms with E-state index in [1.165, 1.54) is 5.57 Å². The van der Waals surface area contributed by atoms with Gasteiger partial charge in [0.15, 0.2) is 0 Å². The van der Waals surface area contributed by atoms with E-state index in [9.17, 15) is 9.59 Å². The van der Waals surface area contributed by atoms with Crippen LogP contribution in [-0.2, 0) is 11.3 Å². The molecule has 0 aromatic carbocycles. The summed E-state index contributed by atoms with van der Waals surface area (Å²) in [6, 6.07) is 3.67. The highest BCUT2D eigenvalue weighted by Gasteiger charge is 2.19. The highest BCUT2D eigenvalue weighted by Crippen LogP contribution is 2.23. The third kappa shape index (κ3) is 10.1. The van der Waals surface area contributed by atoms with Crippen LogP contribution in [0.1, 0.15) is 75.1 Å². The predicted octanol–water partition coefficient (Wildman–Crippen LogP) is 5.62. The molecule has 2 amide bonds. The van der Waals surface area contributed by atoms with Crippen molar-refractivity contribution < 1.29 is 9.59 Å². The first kappa shape index (κ1) is 28.8. The second-order valence-corrected chi connectivity index (χ2v) is 8.10. The summed E-state index contributed by atoms with van der Waals surface area (Å²) in [6.45, 7) is 18.7. The van der Waals surface area contributed by atoms with E-state index in [0.29, 0.717) is 25.4 Å². The van der Waals surface area contributed by atoms with Crippen molar-refractivity contribution >= 4 is 18.0 Å². The molecule has 0 fully saturated rings. The van der Waals surface area contributed by atoms with Gasteiger partial charge in [0.25, 0.3) is 5.91 Å². The van der Waals surface area contributed by atoms with Gasteiger partial charge in [0, 0.05) is 29.7 Å². The quantitative estimate of drug-likeness (QED) is 0.406. The van der Waals surface area contributed by atoms with Crippen LogP contribution >= 0.6 is 0 Å². The zero-order chi connectivity index (χ0) is 25.5. The Morgan fingerprint density at radius 2 is 2.09 bits per heavy atom. The minimum Gasteiger partial charge on any atom is -0.352 e. The molecule has 6 heteroatoms. The van der Waals surface area contributed by atoms with E-state index < -0.39 is 0 Å². The molecule has 0 saturated carbocycles. The van der Waals surface area contributed by atoms with Gasteiger partial charge in [-0.1, -0.05) is 51.7 Å². The summed E-state index contributed by atoms with van der Waals surface area (Å²) in [6.07, 6.45) is 11.5. The molecule has 2 aliphatic rings. The normalized spacial score (nSPS) is 16.6. The molecule has 184 valence electrons. The van der Waals surface area contributed by atoms with Crippen molar-refractivity contribution in [3.05, 3.63) is 77.3 Å². The summed E-state index contributed by atoms with van der Waals surface area (Å²) >= 11 is 0. The monoisotopic (exact) mass is 464 g/mol. The Morgan fingerprint density at radius 1 is 1.35 bits per heavy atom. The van der Waals surface area contributed by atoms with Gasteiger partial charge in [-0.3, -0.25) is 19.6 Å². The van der Waals surface area contributed by atoms with E-state index in [1.54, 1.807) is 12.3 Å². The molecule has 1 aliphatic heterocycles. The van der Waals surface area contributed by atoms with Crippen molar-refractivity contribution in [2.45, 2.75) is 66.8 Å². The van der Waals surface area contributed by atoms with Crippen LogP contribution in [0.5, 0.6) is 0 Å². The summed E-state index contributed by atoms with van der Waals surface area (Å²) in [5, 5.41) is 5.70. The van der Waals surface area contributed by atoms with Crippen LogP contribution in [0.3, 0.4) is 0 Å². The largest absolute Gasteiger partial charge is 0.352 e. The van der Waals surface area contributed by atoms with Crippen molar-refractivity contribution in [3.8, 4) is 0 Å². The fourth-order valence-electron chi connectivity index (χ4n) is 3.49. The van der Waals surface area contributed by atoms with Crippen LogP contribution in [0.15, 0.2) is 65.4 Å². The van der Waals surface area contributed by atoms with E-state index in [1.807, 2.05) is 46.8 Å². The fraction of sp³-hybridized carbons (Fsp3) is 0.429. The Hall–Kier alpha value is -3.28. The Kier molecular flexibility index (Phi) is 13.1. The fourth-order valence-corrected chi connectivity index (χ4v) is 3.49. The number of aromatic nitrogens is 1. The number of aliphatic imine (C=N–C) groups is 1. The Bertz CT molecular complexity index is 957. The molecule has 1 atom stereocenters. The van der Waals surface area contributed by atoms with Crippen molar-refractivity contribution in [2.24, 2.45) is 10.9 Å². The standard InChI is InChI=1S/C18H26N2O.C8H8N2O.C2H6/c1-5-17(10-12-19-14(2)3)18(21)20-11-9-16-8-6-7-15(4)13-16;1-5-2-3-6-7(10-5)4-9-8(6)11;1-2/h6-7,10,12,16H,2,4-5,8-9,11,13H2,1,3H3,(H,20,21);2-3H,4H2,1H3,(H,9,11);1-2H3/b17-10+,19-12?;;. The SMILES string of the molecule is C=C1C=CCC(CCNC(=O)/C(=C/C=NC(=C)C)CC)C1.CC.Cc1ccc2c(n1)CNC2=O. The van der Waals surface area contributed by atoms with Gasteiger partial charge in [-0.25, -0.2) is 0 Å². The number of hydrogen-bond donors (Lipinski definition) is 2. The van der Waals surface area contributed by atoms with E-state index in [4.69, 9.17) is 0 Å². The van der Waals surface area contributed by atoms with Crippen molar-refractivity contribution in [2.75, 3.05) is 6.54 Å². The second-order valence-electron chi connectivity index (χ2n) is 8.10. The maximum Gasteiger partial charge on any atom is 0.253 e. The molecule has 1 aromatic heterocycles. The number of nitrogens with one attached hydrogen (secondary N) is 2. The number of aryl methyl sites for hydroxylation is 1. The number of pyridine rings is 1. The van der Waals surface area contributed by atoms with Crippen LogP contribution < -0.4 is 10.6 Å². The molecule has 1 unspecified atom stereocenters. The number of nitrogens with zero attached hydrogens (tertiary/aromatic N) is 2. The lowest BCUT2D eigenvalue weighted by atomic mass is 9.89. The number of fused-ring (bicyclic) bond motifs is 1. The maximum atomic E-state index is 12.1. The molecule has 2 N–H and O–H groups in total. The topological polar surface area (TPSA) is 83.4 Å². The molecule has 0 saturated heterocycles. The van der Waals surface area contributed by atoms with Gasteiger partial charge in [-0.2, -0.15) is 0 Å². The average molecular weight is 465 g/mol. The van der Waals surface area contributed by atoms with E-state index in [0.717, 1.165) is 47.5 Å². The lowest BCUT2D eigenvalue weighted by molar-refractivity contribution is -0.117. The van der Waals surface area contributed by atoms with E-state index in [2.05, 4.69) is 45.9 Å². The first-order valence-electron chi connectivity index (χ1n) is 12.1. The molecule has 1 aromatic rings. The summed E-state index contributed by atoms with van der Waals surface area (Å²) in [5.74, 6) is 0.588. The Labute approximate surface area is 205 Å². The van der Waals surface area contributed by atoms with Crippen LogP contribution in [0.2, 0.25) is 0 Å². The lowest BCUT2D eigenvalue weighted by Crippen LogP contribution is -2.27. The van der Waals surface area contributed by atoms with Gasteiger partial charge in [0.1, 0.15) is 0 Å². The number of rotatable bonds is 7. The molecule has 2 heterocycles. The van der Waals surface area contributed by atoms with Gasteiger partial charge < -0.3 is 10.6 Å². The number of carbonyl (C=O) groups excluding carboxylic acids is 2. The van der Waals surface area contributed by atoms with Crippen LogP contribution in [-0.4, -0.2) is 29.6 Å². The molecule has 3 rings (SSSR count). The van der Waals surface area contributed by atoms with E-state index >= 15 is 0 Å². The van der Waals surface area contributed by atoms with Crippen LogP contribution in [0.25, 0.3) is 0 Å². The molecule has 0 bridgehead atoms. The lowest BCUT2D eigenvalue weighted by Gasteiger charge is -2.19. The molecular weight excluding hydrogens is 424 g/mol. The molecule has 0 radical (unpaired) electrons. The van der Waals surface area contributed by atoms with E-state index in [-0.39, 0.29) is 11.8 Å². The summed E-state index contributed by atoms with van der Waals surface area (Å²) in [4.78, 5) is 31.4. The zero-order valence-corrected chi connectivity index (χ0v) is 21.4. The van der Waals surface area contributed by atoms with Crippen molar-refractivity contribution in [1.29, 1.82) is 0 Å². The summed E-state index contributed by atoms with van der Waals surface area (Å²) in [7, 11) is 0. The van der Waals surface area contributed by atoms with Crippen LogP contribution in [0.4, 0.5) is 0 Å². The zero-order valence-electron chi connectivity index (χ0n) is 21.4. The first-order valence-corrected chi connectivity index (χ1v) is 12.1. The number of hydrogen-bond acceptors (Lipinski definition) is 4. The number of amides is 2. The summed E-state index contributed by atoms with van der Waals surface area (Å²) < 4.78 is 0. The van der Waals surface area contributed by atoms with Gasteiger partial charge in [0.2, 0.25) is 5.91 Å². The minimum absolute atomic E-state index is 0.00385. The molecule has 0 spiro atoms. The smallest absolute Gasteiger partial charge is 0.253 e. The van der Waals surface area contributed by atoms with Gasteiger partial charge in [-0.15, -0.1) is 0 Å². The molecule has 6 nitrogen and oxygen atoms in total.